The fourth-order valence-corrected chi connectivity index (χ4v) is 3.77. The summed E-state index contributed by atoms with van der Waals surface area (Å²) in [4.78, 5) is 27.2. The van der Waals surface area contributed by atoms with Crippen molar-refractivity contribution in [2.24, 2.45) is 0 Å². The van der Waals surface area contributed by atoms with Gasteiger partial charge in [-0.2, -0.15) is 0 Å². The molecule has 7 nitrogen and oxygen atoms in total. The molecule has 8 heteroatoms. The summed E-state index contributed by atoms with van der Waals surface area (Å²) >= 11 is 0. The maximum atomic E-state index is 13.4. The number of amides is 1. The van der Waals surface area contributed by atoms with E-state index in [1.54, 1.807) is 31.2 Å². The Kier molecular flexibility index (Phi) is 4.28. The summed E-state index contributed by atoms with van der Waals surface area (Å²) in [6.07, 6.45) is 0. The number of nitrogens with zero attached hydrogens (tertiary/aromatic N) is 1. The maximum absolute atomic E-state index is 13.4. The zero-order chi connectivity index (χ0) is 21.7. The van der Waals surface area contributed by atoms with Crippen molar-refractivity contribution >= 4 is 23.1 Å². The van der Waals surface area contributed by atoms with Gasteiger partial charge in [-0.05, 0) is 61.5 Å². The molecule has 1 aromatic heterocycles. The summed E-state index contributed by atoms with van der Waals surface area (Å²) < 4.78 is 29.8. The smallest absolute Gasteiger partial charge is 0.300 e. The SMILES string of the molecule is Cc1ccc(C2/C(=C(/O)c3ccc4c(c3)OCO4)C(=O)C(=O)N2c2ccc(F)cc2)o1. The van der Waals surface area contributed by atoms with Crippen molar-refractivity contribution in [2.45, 2.75) is 13.0 Å². The van der Waals surface area contributed by atoms with Gasteiger partial charge in [0, 0.05) is 11.3 Å². The molecule has 0 aliphatic carbocycles. The van der Waals surface area contributed by atoms with Crippen LogP contribution in [0.3, 0.4) is 0 Å². The summed E-state index contributed by atoms with van der Waals surface area (Å²) in [5, 5.41) is 11.1. The highest BCUT2D eigenvalue weighted by atomic mass is 19.1. The number of halogens is 1. The number of benzene rings is 2. The molecule has 1 unspecified atom stereocenters. The Balaban J connectivity index is 1.69. The Labute approximate surface area is 175 Å². The highest BCUT2D eigenvalue weighted by molar-refractivity contribution is 6.51. The van der Waals surface area contributed by atoms with E-state index in [0.29, 0.717) is 28.7 Å². The highest BCUT2D eigenvalue weighted by Gasteiger charge is 2.48. The van der Waals surface area contributed by atoms with Crippen LogP contribution in [0.4, 0.5) is 10.1 Å². The molecule has 1 atom stereocenters. The molecule has 2 aliphatic heterocycles. The number of ether oxygens (including phenoxy) is 2. The van der Waals surface area contributed by atoms with Crippen molar-refractivity contribution in [3.63, 3.8) is 0 Å². The summed E-state index contributed by atoms with van der Waals surface area (Å²) in [6, 6.07) is 12.2. The molecule has 3 heterocycles. The first-order chi connectivity index (χ1) is 14.9. The topological polar surface area (TPSA) is 89.2 Å². The second kappa shape index (κ2) is 7.02. The first kappa shape index (κ1) is 18.9. The van der Waals surface area contributed by atoms with E-state index < -0.39 is 23.5 Å². The van der Waals surface area contributed by atoms with Crippen molar-refractivity contribution in [3.05, 3.63) is 83.1 Å². The summed E-state index contributed by atoms with van der Waals surface area (Å²) in [7, 11) is 0. The van der Waals surface area contributed by atoms with E-state index in [-0.39, 0.29) is 23.7 Å². The van der Waals surface area contributed by atoms with E-state index in [0.717, 1.165) is 0 Å². The zero-order valence-electron chi connectivity index (χ0n) is 16.3. The first-order valence-electron chi connectivity index (χ1n) is 9.47. The molecule has 1 fully saturated rings. The number of anilines is 1. The van der Waals surface area contributed by atoms with Crippen LogP contribution >= 0.6 is 0 Å². The van der Waals surface area contributed by atoms with Crippen LogP contribution in [0.25, 0.3) is 5.76 Å². The third kappa shape index (κ3) is 3.04. The highest BCUT2D eigenvalue weighted by Crippen LogP contribution is 2.43. The van der Waals surface area contributed by atoms with Crippen molar-refractivity contribution in [1.29, 1.82) is 0 Å². The number of furan rings is 1. The predicted molar refractivity (Wildman–Crippen MR) is 107 cm³/mol. The molecule has 1 saturated heterocycles. The van der Waals surface area contributed by atoms with Gasteiger partial charge < -0.3 is 19.0 Å². The number of carbonyl (C=O) groups is 2. The number of hydrogen-bond acceptors (Lipinski definition) is 6. The van der Waals surface area contributed by atoms with Crippen molar-refractivity contribution in [2.75, 3.05) is 11.7 Å². The standard InChI is InChI=1S/C23H16FNO6/c1-12-2-8-17(31-12)20-19(21(26)13-3-9-16-18(10-13)30-11-29-16)22(27)23(28)25(20)15-6-4-14(24)5-7-15/h2-10,20,26H,11H2,1H3/b21-19-. The van der Waals surface area contributed by atoms with Crippen LogP contribution in [-0.4, -0.2) is 23.6 Å². The molecule has 0 spiro atoms. The molecule has 2 aliphatic rings. The lowest BCUT2D eigenvalue weighted by molar-refractivity contribution is -0.132. The minimum atomic E-state index is -1.02. The monoisotopic (exact) mass is 421 g/mol. The third-order valence-corrected chi connectivity index (χ3v) is 5.23. The van der Waals surface area contributed by atoms with Crippen LogP contribution in [0, 0.1) is 12.7 Å². The van der Waals surface area contributed by atoms with Gasteiger partial charge in [0.25, 0.3) is 11.7 Å². The number of aliphatic hydroxyl groups excluding tert-OH is 1. The Hall–Kier alpha value is -4.07. The summed E-state index contributed by atoms with van der Waals surface area (Å²) in [6.45, 7) is 1.78. The lowest BCUT2D eigenvalue weighted by Crippen LogP contribution is -2.29. The van der Waals surface area contributed by atoms with E-state index in [1.165, 1.54) is 35.2 Å². The van der Waals surface area contributed by atoms with Gasteiger partial charge in [-0.3, -0.25) is 14.5 Å². The minimum absolute atomic E-state index is 0.0557. The normalized spacial score (nSPS) is 19.3. The van der Waals surface area contributed by atoms with Gasteiger partial charge in [-0.15, -0.1) is 0 Å². The van der Waals surface area contributed by atoms with E-state index >= 15 is 0 Å². The molecular formula is C23H16FNO6. The zero-order valence-corrected chi connectivity index (χ0v) is 16.3. The molecule has 31 heavy (non-hydrogen) atoms. The number of carbonyl (C=O) groups excluding carboxylic acids is 2. The largest absolute Gasteiger partial charge is 0.507 e. The number of aliphatic hydroxyl groups is 1. The van der Waals surface area contributed by atoms with Gasteiger partial charge in [-0.1, -0.05) is 0 Å². The number of Topliss-reactive ketones (excluding diaryl/α,β-unsaturated/α-hetero) is 1. The number of rotatable bonds is 3. The quantitative estimate of drug-likeness (QED) is 0.389. The Morgan fingerprint density at radius 3 is 2.48 bits per heavy atom. The van der Waals surface area contributed by atoms with E-state index in [4.69, 9.17) is 13.9 Å². The molecule has 0 radical (unpaired) electrons. The second-order valence-corrected chi connectivity index (χ2v) is 7.16. The lowest BCUT2D eigenvalue weighted by Gasteiger charge is -2.23. The average molecular weight is 421 g/mol. The maximum Gasteiger partial charge on any atom is 0.300 e. The van der Waals surface area contributed by atoms with Crippen LogP contribution in [0.2, 0.25) is 0 Å². The molecular weight excluding hydrogens is 405 g/mol. The number of ketones is 1. The van der Waals surface area contributed by atoms with Crippen LogP contribution < -0.4 is 14.4 Å². The molecule has 1 amide bonds. The number of fused-ring (bicyclic) bond motifs is 1. The predicted octanol–water partition coefficient (Wildman–Crippen LogP) is 4.08. The van der Waals surface area contributed by atoms with Crippen LogP contribution in [0.1, 0.15) is 23.1 Å². The third-order valence-electron chi connectivity index (χ3n) is 5.23. The fraction of sp³-hybridized carbons (Fsp3) is 0.130. The van der Waals surface area contributed by atoms with Crippen molar-refractivity contribution < 1.29 is 33.0 Å². The summed E-state index contributed by atoms with van der Waals surface area (Å²) in [5.41, 5.74) is 0.449. The molecule has 0 bridgehead atoms. The molecule has 1 N–H and O–H groups in total. The van der Waals surface area contributed by atoms with E-state index in [1.807, 2.05) is 0 Å². The lowest BCUT2D eigenvalue weighted by atomic mass is 9.99. The van der Waals surface area contributed by atoms with Gasteiger partial charge >= 0.3 is 0 Å². The molecule has 5 rings (SSSR count). The van der Waals surface area contributed by atoms with Gasteiger partial charge in [0.15, 0.2) is 11.5 Å². The minimum Gasteiger partial charge on any atom is -0.507 e. The van der Waals surface area contributed by atoms with Crippen molar-refractivity contribution in [1.82, 2.24) is 0 Å². The van der Waals surface area contributed by atoms with Gasteiger partial charge in [-0.25, -0.2) is 4.39 Å². The Morgan fingerprint density at radius 2 is 1.77 bits per heavy atom. The van der Waals surface area contributed by atoms with Crippen LogP contribution in [0.5, 0.6) is 11.5 Å². The summed E-state index contributed by atoms with van der Waals surface area (Å²) in [5.74, 6) is -0.785. The number of hydrogen-bond donors (Lipinski definition) is 1. The van der Waals surface area contributed by atoms with Gasteiger partial charge in [0.2, 0.25) is 6.79 Å². The van der Waals surface area contributed by atoms with E-state index in [2.05, 4.69) is 0 Å². The van der Waals surface area contributed by atoms with E-state index in [9.17, 15) is 19.1 Å². The fourth-order valence-electron chi connectivity index (χ4n) is 3.77. The van der Waals surface area contributed by atoms with Crippen LogP contribution in [0.15, 0.2) is 64.6 Å². The molecule has 156 valence electrons. The molecule has 2 aromatic carbocycles. The van der Waals surface area contributed by atoms with Crippen molar-refractivity contribution in [3.8, 4) is 11.5 Å². The van der Waals surface area contributed by atoms with Crippen LogP contribution in [-0.2, 0) is 9.59 Å². The Bertz CT molecular complexity index is 1240. The molecule has 3 aromatic rings. The van der Waals surface area contributed by atoms with Gasteiger partial charge in [0.1, 0.15) is 29.1 Å². The van der Waals surface area contributed by atoms with Gasteiger partial charge in [0.05, 0.1) is 5.57 Å². The Morgan fingerprint density at radius 1 is 1.03 bits per heavy atom. The average Bonchev–Trinajstić information content (AvgIpc) is 3.47. The number of aryl methyl sites for hydroxylation is 1. The second-order valence-electron chi connectivity index (χ2n) is 7.16. The molecule has 0 saturated carbocycles. The first-order valence-corrected chi connectivity index (χ1v) is 9.47.